The third kappa shape index (κ3) is 4.00. The van der Waals surface area contributed by atoms with Crippen LogP contribution >= 0.6 is 0 Å². The van der Waals surface area contributed by atoms with Crippen molar-refractivity contribution in [1.82, 2.24) is 9.97 Å². The van der Waals surface area contributed by atoms with Crippen LogP contribution in [0, 0.1) is 19.8 Å². The van der Waals surface area contributed by atoms with Crippen molar-refractivity contribution < 1.29 is 14.6 Å². The third-order valence-corrected chi connectivity index (χ3v) is 3.40. The predicted molar refractivity (Wildman–Crippen MR) is 76.7 cm³/mol. The number of ether oxygens (including phenoxy) is 1. The summed E-state index contributed by atoms with van der Waals surface area (Å²) in [7, 11) is 0. The second-order valence-electron chi connectivity index (χ2n) is 5.03. The molecule has 0 saturated carbocycles. The van der Waals surface area contributed by atoms with Crippen molar-refractivity contribution >= 4 is 5.97 Å². The summed E-state index contributed by atoms with van der Waals surface area (Å²) < 4.78 is 5.63. The second kappa shape index (κ2) is 7.33. The first-order chi connectivity index (χ1) is 9.40. The molecule has 0 saturated heterocycles. The van der Waals surface area contributed by atoms with Crippen LogP contribution in [0.1, 0.15) is 56.1 Å². The molecule has 0 bridgehead atoms. The molecular weight excluding hydrogens is 256 g/mol. The molecule has 2 unspecified atom stereocenters. The van der Waals surface area contributed by atoms with Crippen LogP contribution in [0.2, 0.25) is 0 Å². The molecule has 0 aliphatic rings. The van der Waals surface area contributed by atoms with Gasteiger partial charge in [0.15, 0.2) is 5.82 Å². The highest BCUT2D eigenvalue weighted by atomic mass is 16.5. The van der Waals surface area contributed by atoms with Crippen molar-refractivity contribution in [2.45, 2.75) is 53.6 Å². The summed E-state index contributed by atoms with van der Waals surface area (Å²) in [4.78, 5) is 20.0. The maximum Gasteiger partial charge on any atom is 0.306 e. The number of hydrogen-bond donors (Lipinski definition) is 1. The number of carboxylic acid groups (broad SMARTS) is 1. The van der Waals surface area contributed by atoms with Gasteiger partial charge in [0.05, 0.1) is 5.92 Å². The summed E-state index contributed by atoms with van der Waals surface area (Å²) >= 11 is 0. The summed E-state index contributed by atoms with van der Waals surface area (Å²) in [5.41, 5.74) is 2.62. The zero-order chi connectivity index (χ0) is 15.3. The fourth-order valence-electron chi connectivity index (χ4n) is 2.17. The zero-order valence-corrected chi connectivity index (χ0v) is 12.9. The average molecular weight is 280 g/mol. The van der Waals surface area contributed by atoms with Gasteiger partial charge in [-0.3, -0.25) is 4.79 Å². The maximum atomic E-state index is 11.0. The van der Waals surface area contributed by atoms with E-state index in [2.05, 4.69) is 9.97 Å². The van der Waals surface area contributed by atoms with E-state index >= 15 is 0 Å². The van der Waals surface area contributed by atoms with Crippen molar-refractivity contribution in [3.63, 3.8) is 0 Å². The van der Waals surface area contributed by atoms with Gasteiger partial charge in [0.1, 0.15) is 6.10 Å². The number of hydrogen-bond acceptors (Lipinski definition) is 4. The number of aryl methyl sites for hydroxylation is 2. The quantitative estimate of drug-likeness (QED) is 0.831. The lowest BCUT2D eigenvalue weighted by Gasteiger charge is -2.17. The van der Waals surface area contributed by atoms with Gasteiger partial charge in [-0.2, -0.15) is 0 Å². The Morgan fingerprint density at radius 1 is 1.25 bits per heavy atom. The van der Waals surface area contributed by atoms with Gasteiger partial charge in [-0.25, -0.2) is 9.97 Å². The molecule has 1 rings (SSSR count). The molecule has 1 heterocycles. The topological polar surface area (TPSA) is 72.3 Å². The molecule has 2 atom stereocenters. The number of aromatic nitrogens is 2. The van der Waals surface area contributed by atoms with Crippen LogP contribution in [0.5, 0.6) is 0 Å². The molecule has 20 heavy (non-hydrogen) atoms. The van der Waals surface area contributed by atoms with Crippen LogP contribution in [-0.2, 0) is 16.0 Å². The lowest BCUT2D eigenvalue weighted by atomic mass is 9.99. The SMILES string of the molecule is CCOC(CC)c1nc(C)c(CC(C)C(=O)O)c(C)n1. The molecule has 5 heteroatoms. The molecule has 0 aliphatic heterocycles. The fourth-order valence-corrected chi connectivity index (χ4v) is 2.17. The normalized spacial score (nSPS) is 14.1. The average Bonchev–Trinajstić information content (AvgIpc) is 2.39. The van der Waals surface area contributed by atoms with Crippen molar-refractivity contribution in [3.05, 3.63) is 22.8 Å². The van der Waals surface area contributed by atoms with E-state index in [1.807, 2.05) is 27.7 Å². The molecular formula is C15H24N2O3. The molecule has 0 radical (unpaired) electrons. The molecule has 112 valence electrons. The first kappa shape index (κ1) is 16.6. The van der Waals surface area contributed by atoms with E-state index in [4.69, 9.17) is 9.84 Å². The Morgan fingerprint density at radius 2 is 1.80 bits per heavy atom. The van der Waals surface area contributed by atoms with Crippen LogP contribution in [0.15, 0.2) is 0 Å². The summed E-state index contributed by atoms with van der Waals surface area (Å²) in [6, 6.07) is 0. The Morgan fingerprint density at radius 3 is 2.20 bits per heavy atom. The monoisotopic (exact) mass is 280 g/mol. The molecule has 0 aromatic carbocycles. The number of nitrogens with zero attached hydrogens (tertiary/aromatic N) is 2. The van der Waals surface area contributed by atoms with E-state index in [0.29, 0.717) is 18.9 Å². The molecule has 1 aromatic rings. The van der Waals surface area contributed by atoms with Gasteiger partial charge in [-0.15, -0.1) is 0 Å². The number of aliphatic carboxylic acids is 1. The predicted octanol–water partition coefficient (Wildman–Crippen LogP) is 2.84. The first-order valence-corrected chi connectivity index (χ1v) is 7.09. The maximum absolute atomic E-state index is 11.0. The van der Waals surface area contributed by atoms with E-state index in [1.54, 1.807) is 6.92 Å². The molecule has 5 nitrogen and oxygen atoms in total. The Labute approximate surface area is 120 Å². The van der Waals surface area contributed by atoms with Crippen LogP contribution < -0.4 is 0 Å². The minimum absolute atomic E-state index is 0.0941. The summed E-state index contributed by atoms with van der Waals surface area (Å²) in [6.45, 7) is 10.1. The van der Waals surface area contributed by atoms with Crippen molar-refractivity contribution in [2.24, 2.45) is 5.92 Å². The Balaban J connectivity index is 3.05. The van der Waals surface area contributed by atoms with Crippen molar-refractivity contribution in [1.29, 1.82) is 0 Å². The molecule has 0 amide bonds. The van der Waals surface area contributed by atoms with Crippen LogP contribution in [0.3, 0.4) is 0 Å². The lowest BCUT2D eigenvalue weighted by molar-refractivity contribution is -0.141. The highest BCUT2D eigenvalue weighted by Gasteiger charge is 2.19. The molecule has 0 spiro atoms. The van der Waals surface area contributed by atoms with E-state index in [0.717, 1.165) is 23.4 Å². The number of carbonyl (C=O) groups is 1. The van der Waals surface area contributed by atoms with E-state index in [-0.39, 0.29) is 6.10 Å². The van der Waals surface area contributed by atoms with E-state index in [9.17, 15) is 4.79 Å². The molecule has 0 aliphatic carbocycles. The summed E-state index contributed by atoms with van der Waals surface area (Å²) in [6.07, 6.45) is 1.18. The van der Waals surface area contributed by atoms with Gasteiger partial charge in [0.2, 0.25) is 0 Å². The zero-order valence-electron chi connectivity index (χ0n) is 12.9. The van der Waals surface area contributed by atoms with Crippen molar-refractivity contribution in [2.75, 3.05) is 6.61 Å². The molecule has 1 aromatic heterocycles. The lowest BCUT2D eigenvalue weighted by Crippen LogP contribution is -2.17. The van der Waals surface area contributed by atoms with E-state index in [1.165, 1.54) is 0 Å². The number of carboxylic acids is 1. The highest BCUT2D eigenvalue weighted by molar-refractivity contribution is 5.70. The van der Waals surface area contributed by atoms with Gasteiger partial charge >= 0.3 is 5.97 Å². The highest BCUT2D eigenvalue weighted by Crippen LogP contribution is 2.22. The number of rotatable bonds is 7. The van der Waals surface area contributed by atoms with E-state index < -0.39 is 11.9 Å². The van der Waals surface area contributed by atoms with Crippen molar-refractivity contribution in [3.8, 4) is 0 Å². The van der Waals surface area contributed by atoms with Gasteiger partial charge in [-0.05, 0) is 39.2 Å². The Kier molecular flexibility index (Phi) is 6.07. The standard InChI is InChI=1S/C15H24N2O3/c1-6-13(20-7-2)14-16-10(4)12(11(5)17-14)8-9(3)15(18)19/h9,13H,6-8H2,1-5H3,(H,18,19). The largest absolute Gasteiger partial charge is 0.481 e. The molecule has 0 fully saturated rings. The van der Waals surface area contributed by atoms with Gasteiger partial charge < -0.3 is 9.84 Å². The van der Waals surface area contributed by atoms with Crippen LogP contribution in [0.4, 0.5) is 0 Å². The Hall–Kier alpha value is -1.49. The third-order valence-electron chi connectivity index (χ3n) is 3.40. The summed E-state index contributed by atoms with van der Waals surface area (Å²) in [5.74, 6) is -0.541. The first-order valence-electron chi connectivity index (χ1n) is 7.09. The second-order valence-corrected chi connectivity index (χ2v) is 5.03. The minimum atomic E-state index is -0.798. The molecule has 1 N–H and O–H groups in total. The van der Waals surface area contributed by atoms with Gasteiger partial charge in [0.25, 0.3) is 0 Å². The minimum Gasteiger partial charge on any atom is -0.481 e. The van der Waals surface area contributed by atoms with Gasteiger partial charge in [-0.1, -0.05) is 13.8 Å². The Bertz CT molecular complexity index is 451. The smallest absolute Gasteiger partial charge is 0.306 e. The fraction of sp³-hybridized carbons (Fsp3) is 0.667. The van der Waals surface area contributed by atoms with Crippen LogP contribution in [-0.4, -0.2) is 27.7 Å². The van der Waals surface area contributed by atoms with Gasteiger partial charge in [0, 0.05) is 18.0 Å². The van der Waals surface area contributed by atoms with Crippen LogP contribution in [0.25, 0.3) is 0 Å². The summed E-state index contributed by atoms with van der Waals surface area (Å²) in [5, 5.41) is 9.02.